The lowest BCUT2D eigenvalue weighted by Gasteiger charge is -2.15. The zero-order valence-corrected chi connectivity index (χ0v) is 11.4. The Hall–Kier alpha value is -2.29. The number of rotatable bonds is 6. The molecular weight excluding hydrogens is 309 g/mol. The fourth-order valence-electron chi connectivity index (χ4n) is 1.72. The van der Waals surface area contributed by atoms with Crippen LogP contribution in [0.4, 0.5) is 13.2 Å². The highest BCUT2D eigenvalue weighted by molar-refractivity contribution is 5.75. The molecule has 0 saturated carbocycles. The molecule has 6 nitrogen and oxygen atoms in total. The van der Waals surface area contributed by atoms with E-state index < -0.39 is 30.2 Å². The van der Waals surface area contributed by atoms with E-state index in [9.17, 15) is 27.9 Å². The van der Waals surface area contributed by atoms with Crippen molar-refractivity contribution in [2.45, 2.75) is 25.3 Å². The summed E-state index contributed by atoms with van der Waals surface area (Å²) in [6, 6.07) is 2.91. The van der Waals surface area contributed by atoms with E-state index in [0.29, 0.717) is 0 Å². The van der Waals surface area contributed by atoms with Gasteiger partial charge in [-0.2, -0.15) is 0 Å². The van der Waals surface area contributed by atoms with Crippen molar-refractivity contribution in [2.75, 3.05) is 7.11 Å². The van der Waals surface area contributed by atoms with Gasteiger partial charge in [-0.05, 0) is 29.7 Å². The van der Waals surface area contributed by atoms with Crippen molar-refractivity contribution in [2.24, 2.45) is 0 Å². The zero-order valence-electron chi connectivity index (χ0n) is 11.4. The standard InChI is InChI=1S/C13H13F3O6/c1-21-10(17)5-3-7-2-4-8(22-13(14,15)16)6-9(7)11(18)12(19)20/h2,4,6,11,18H,3,5H2,1H3,(H,19,20). The van der Waals surface area contributed by atoms with Gasteiger partial charge in [-0.25, -0.2) is 4.79 Å². The van der Waals surface area contributed by atoms with Crippen LogP contribution in [0.1, 0.15) is 23.7 Å². The lowest BCUT2D eigenvalue weighted by Crippen LogP contribution is -2.18. The molecule has 0 saturated heterocycles. The summed E-state index contributed by atoms with van der Waals surface area (Å²) in [4.78, 5) is 21.9. The molecule has 0 bridgehead atoms. The van der Waals surface area contributed by atoms with Crippen molar-refractivity contribution in [1.82, 2.24) is 0 Å². The monoisotopic (exact) mass is 322 g/mol. The van der Waals surface area contributed by atoms with Crippen molar-refractivity contribution < 1.29 is 42.4 Å². The van der Waals surface area contributed by atoms with Crippen LogP contribution in [0.15, 0.2) is 18.2 Å². The highest BCUT2D eigenvalue weighted by Crippen LogP contribution is 2.29. The van der Waals surface area contributed by atoms with Gasteiger partial charge in [0.2, 0.25) is 0 Å². The SMILES string of the molecule is COC(=O)CCc1ccc(OC(F)(F)F)cc1C(O)C(=O)O. The molecule has 1 unspecified atom stereocenters. The normalized spacial score (nSPS) is 12.6. The molecule has 1 rings (SSSR count). The summed E-state index contributed by atoms with van der Waals surface area (Å²) in [5.41, 5.74) is -0.0759. The van der Waals surface area contributed by atoms with Crippen LogP contribution in [0.25, 0.3) is 0 Å². The smallest absolute Gasteiger partial charge is 0.479 e. The molecule has 0 heterocycles. The first-order valence-electron chi connectivity index (χ1n) is 6.00. The van der Waals surface area contributed by atoms with Crippen molar-refractivity contribution in [3.63, 3.8) is 0 Å². The lowest BCUT2D eigenvalue weighted by molar-refractivity contribution is -0.274. The number of aliphatic hydroxyl groups excluding tert-OH is 1. The molecule has 2 N–H and O–H groups in total. The van der Waals surface area contributed by atoms with Gasteiger partial charge >= 0.3 is 18.3 Å². The molecule has 0 amide bonds. The molecule has 9 heteroatoms. The van der Waals surface area contributed by atoms with Crippen LogP contribution in [-0.4, -0.2) is 35.6 Å². The second-order valence-corrected chi connectivity index (χ2v) is 4.23. The van der Waals surface area contributed by atoms with Crippen LogP contribution in [0.5, 0.6) is 5.75 Å². The highest BCUT2D eigenvalue weighted by Gasteiger charge is 2.32. The number of hydrogen-bond donors (Lipinski definition) is 2. The summed E-state index contributed by atoms with van der Waals surface area (Å²) >= 11 is 0. The highest BCUT2D eigenvalue weighted by atomic mass is 19.4. The van der Waals surface area contributed by atoms with Gasteiger partial charge < -0.3 is 19.7 Å². The maximum atomic E-state index is 12.2. The number of aliphatic carboxylic acids is 1. The van der Waals surface area contributed by atoms with Crippen LogP contribution >= 0.6 is 0 Å². The molecule has 1 aromatic carbocycles. The van der Waals surface area contributed by atoms with Crippen LogP contribution in [0.2, 0.25) is 0 Å². The third kappa shape index (κ3) is 5.24. The summed E-state index contributed by atoms with van der Waals surface area (Å²) < 4.78 is 44.6. The minimum atomic E-state index is -4.95. The Morgan fingerprint density at radius 2 is 1.95 bits per heavy atom. The molecule has 0 aromatic heterocycles. The van der Waals surface area contributed by atoms with Crippen molar-refractivity contribution in [3.8, 4) is 5.75 Å². The van der Waals surface area contributed by atoms with E-state index in [-0.39, 0.29) is 24.0 Å². The number of halogens is 3. The fraction of sp³-hybridized carbons (Fsp3) is 0.385. The second kappa shape index (κ2) is 7.12. The number of carbonyl (C=O) groups excluding carboxylic acids is 1. The third-order valence-corrected chi connectivity index (χ3v) is 2.71. The maximum Gasteiger partial charge on any atom is 0.573 e. The van der Waals surface area contributed by atoms with E-state index in [1.165, 1.54) is 0 Å². The Balaban J connectivity index is 3.09. The van der Waals surface area contributed by atoms with Crippen LogP contribution < -0.4 is 4.74 Å². The summed E-state index contributed by atoms with van der Waals surface area (Å²) in [7, 11) is 1.16. The minimum absolute atomic E-state index is 0.00134. The molecule has 0 radical (unpaired) electrons. The first kappa shape index (κ1) is 17.8. The molecule has 0 aliphatic heterocycles. The number of hydrogen-bond acceptors (Lipinski definition) is 5. The van der Waals surface area contributed by atoms with Gasteiger partial charge in [-0.3, -0.25) is 4.79 Å². The van der Waals surface area contributed by atoms with Gasteiger partial charge in [0.1, 0.15) is 5.75 Å². The van der Waals surface area contributed by atoms with E-state index in [1.807, 2.05) is 0 Å². The van der Waals surface area contributed by atoms with Gasteiger partial charge in [-0.1, -0.05) is 6.07 Å². The van der Waals surface area contributed by atoms with Crippen LogP contribution in [-0.2, 0) is 20.7 Å². The summed E-state index contributed by atoms with van der Waals surface area (Å²) in [6.07, 6.45) is -7.10. The minimum Gasteiger partial charge on any atom is -0.479 e. The topological polar surface area (TPSA) is 93.1 Å². The number of carbonyl (C=O) groups is 2. The van der Waals surface area contributed by atoms with E-state index >= 15 is 0 Å². The van der Waals surface area contributed by atoms with E-state index in [2.05, 4.69) is 9.47 Å². The van der Waals surface area contributed by atoms with Crippen LogP contribution in [0, 0.1) is 0 Å². The van der Waals surface area contributed by atoms with Crippen LogP contribution in [0.3, 0.4) is 0 Å². The van der Waals surface area contributed by atoms with Crippen molar-refractivity contribution in [1.29, 1.82) is 0 Å². The Morgan fingerprint density at radius 3 is 2.45 bits per heavy atom. The van der Waals surface area contributed by atoms with E-state index in [0.717, 1.165) is 25.3 Å². The molecule has 1 atom stereocenters. The number of carboxylic acids is 1. The van der Waals surface area contributed by atoms with Gasteiger partial charge in [0.25, 0.3) is 0 Å². The molecule has 0 aliphatic carbocycles. The molecule has 0 spiro atoms. The number of carboxylic acid groups (broad SMARTS) is 1. The first-order chi connectivity index (χ1) is 10.1. The average Bonchev–Trinajstić information content (AvgIpc) is 2.42. The number of esters is 1. The molecule has 0 fully saturated rings. The van der Waals surface area contributed by atoms with E-state index in [1.54, 1.807) is 0 Å². The summed E-state index contributed by atoms with van der Waals surface area (Å²) in [6.45, 7) is 0. The lowest BCUT2D eigenvalue weighted by atomic mass is 9.98. The number of aliphatic hydroxyl groups is 1. The predicted octanol–water partition coefficient (Wildman–Crippen LogP) is 1.81. The number of ether oxygens (including phenoxy) is 2. The summed E-state index contributed by atoms with van der Waals surface area (Å²) in [5, 5.41) is 18.4. The summed E-state index contributed by atoms with van der Waals surface area (Å²) in [5.74, 6) is -2.88. The molecule has 1 aromatic rings. The Kier molecular flexibility index (Phi) is 5.75. The third-order valence-electron chi connectivity index (χ3n) is 2.71. The Labute approximate surface area is 123 Å². The quantitative estimate of drug-likeness (QED) is 0.776. The number of methoxy groups -OCH3 is 1. The number of alkyl halides is 3. The average molecular weight is 322 g/mol. The molecule has 0 aliphatic rings. The largest absolute Gasteiger partial charge is 0.573 e. The Morgan fingerprint density at radius 1 is 1.32 bits per heavy atom. The van der Waals surface area contributed by atoms with Gasteiger partial charge in [0.15, 0.2) is 6.10 Å². The van der Waals surface area contributed by atoms with Gasteiger partial charge in [-0.15, -0.1) is 13.2 Å². The maximum absolute atomic E-state index is 12.2. The van der Waals surface area contributed by atoms with Crippen molar-refractivity contribution >= 4 is 11.9 Å². The number of benzene rings is 1. The second-order valence-electron chi connectivity index (χ2n) is 4.23. The first-order valence-corrected chi connectivity index (χ1v) is 6.00. The molecule has 22 heavy (non-hydrogen) atoms. The van der Waals surface area contributed by atoms with Gasteiger partial charge in [0, 0.05) is 6.42 Å². The predicted molar refractivity (Wildman–Crippen MR) is 66.1 cm³/mol. The zero-order chi connectivity index (χ0) is 16.9. The van der Waals surface area contributed by atoms with Crippen molar-refractivity contribution in [3.05, 3.63) is 29.3 Å². The fourth-order valence-corrected chi connectivity index (χ4v) is 1.72. The van der Waals surface area contributed by atoms with Gasteiger partial charge in [0.05, 0.1) is 7.11 Å². The number of aryl methyl sites for hydroxylation is 1. The molecule has 122 valence electrons. The molecular formula is C13H13F3O6. The Bertz CT molecular complexity index is 555. The van der Waals surface area contributed by atoms with E-state index in [4.69, 9.17) is 5.11 Å².